The van der Waals surface area contributed by atoms with Gasteiger partial charge in [-0.15, -0.1) is 0 Å². The molecule has 0 amide bonds. The van der Waals surface area contributed by atoms with Crippen LogP contribution < -0.4 is 10.6 Å². The number of hydrogen-bond donors (Lipinski definition) is 3. The topological polar surface area (TPSA) is 79.3 Å². The molecule has 6 nitrogen and oxygen atoms in total. The first kappa shape index (κ1) is 16.0. The SMILES string of the molecule is CCCNc1cc(NC2(CO)CCOCC2)nc(CC)n1. The first-order valence-corrected chi connectivity index (χ1v) is 7.80. The summed E-state index contributed by atoms with van der Waals surface area (Å²) in [6.07, 6.45) is 3.40. The van der Waals surface area contributed by atoms with E-state index in [9.17, 15) is 5.11 Å². The van der Waals surface area contributed by atoms with Crippen molar-refractivity contribution in [3.63, 3.8) is 0 Å². The highest BCUT2D eigenvalue weighted by molar-refractivity contribution is 5.49. The Kier molecular flexibility index (Phi) is 5.76. The van der Waals surface area contributed by atoms with Crippen molar-refractivity contribution in [2.75, 3.05) is 37.0 Å². The average molecular weight is 294 g/mol. The van der Waals surface area contributed by atoms with Gasteiger partial charge in [-0.1, -0.05) is 13.8 Å². The van der Waals surface area contributed by atoms with E-state index < -0.39 is 0 Å². The van der Waals surface area contributed by atoms with Crippen LogP contribution in [0.5, 0.6) is 0 Å². The molecule has 0 saturated carbocycles. The van der Waals surface area contributed by atoms with Crippen LogP contribution in [0.25, 0.3) is 0 Å². The second-order valence-corrected chi connectivity index (χ2v) is 5.51. The zero-order valence-corrected chi connectivity index (χ0v) is 13.0. The molecule has 1 aliphatic heterocycles. The molecule has 0 aliphatic carbocycles. The van der Waals surface area contributed by atoms with E-state index >= 15 is 0 Å². The molecule has 0 bridgehead atoms. The van der Waals surface area contributed by atoms with Crippen LogP contribution in [0.2, 0.25) is 0 Å². The van der Waals surface area contributed by atoms with Gasteiger partial charge in [0.2, 0.25) is 0 Å². The molecule has 1 aromatic rings. The molecule has 3 N–H and O–H groups in total. The Labute approximate surface area is 126 Å². The van der Waals surface area contributed by atoms with E-state index in [1.807, 2.05) is 13.0 Å². The van der Waals surface area contributed by atoms with Gasteiger partial charge in [0, 0.05) is 32.2 Å². The Hall–Kier alpha value is -1.40. The fraction of sp³-hybridized carbons (Fsp3) is 0.733. The number of nitrogens with zero attached hydrogens (tertiary/aromatic N) is 2. The predicted octanol–water partition coefficient (Wildman–Crippen LogP) is 1.81. The zero-order chi connectivity index (χ0) is 15.1. The molecular formula is C15H26N4O2. The third-order valence-electron chi connectivity index (χ3n) is 3.79. The number of aliphatic hydroxyl groups excluding tert-OH is 1. The lowest BCUT2D eigenvalue weighted by molar-refractivity contribution is 0.0378. The van der Waals surface area contributed by atoms with Gasteiger partial charge in [0.05, 0.1) is 12.1 Å². The number of rotatable bonds is 7. The van der Waals surface area contributed by atoms with Gasteiger partial charge in [-0.25, -0.2) is 9.97 Å². The van der Waals surface area contributed by atoms with E-state index in [0.29, 0.717) is 13.2 Å². The lowest BCUT2D eigenvalue weighted by atomic mass is 9.91. The third kappa shape index (κ3) is 4.28. The molecule has 1 fully saturated rings. The fourth-order valence-corrected chi connectivity index (χ4v) is 2.42. The molecule has 0 aromatic carbocycles. The number of anilines is 2. The maximum Gasteiger partial charge on any atom is 0.132 e. The van der Waals surface area contributed by atoms with Crippen molar-refractivity contribution in [3.05, 3.63) is 11.9 Å². The Morgan fingerprint density at radius 3 is 2.57 bits per heavy atom. The minimum absolute atomic E-state index is 0.0829. The lowest BCUT2D eigenvalue weighted by Crippen LogP contribution is -2.47. The van der Waals surface area contributed by atoms with Crippen molar-refractivity contribution in [1.29, 1.82) is 0 Å². The summed E-state index contributed by atoms with van der Waals surface area (Å²) in [6, 6.07) is 1.92. The van der Waals surface area contributed by atoms with Gasteiger partial charge >= 0.3 is 0 Å². The molecule has 0 unspecified atom stereocenters. The summed E-state index contributed by atoms with van der Waals surface area (Å²) >= 11 is 0. The van der Waals surface area contributed by atoms with Crippen molar-refractivity contribution >= 4 is 11.6 Å². The van der Waals surface area contributed by atoms with E-state index in [1.54, 1.807) is 0 Å². The number of nitrogens with one attached hydrogen (secondary N) is 2. The molecule has 21 heavy (non-hydrogen) atoms. The molecule has 118 valence electrons. The minimum Gasteiger partial charge on any atom is -0.394 e. The van der Waals surface area contributed by atoms with Crippen molar-refractivity contribution in [2.45, 2.75) is 45.1 Å². The van der Waals surface area contributed by atoms with Crippen LogP contribution in [0.3, 0.4) is 0 Å². The van der Waals surface area contributed by atoms with Crippen molar-refractivity contribution in [1.82, 2.24) is 9.97 Å². The molecule has 0 spiro atoms. The van der Waals surface area contributed by atoms with E-state index in [-0.39, 0.29) is 12.1 Å². The first-order valence-electron chi connectivity index (χ1n) is 7.80. The van der Waals surface area contributed by atoms with Crippen molar-refractivity contribution in [2.24, 2.45) is 0 Å². The molecule has 0 radical (unpaired) electrons. The standard InChI is InChI=1S/C15H26N4O2/c1-3-7-16-13-10-14(18-12(4-2)17-13)19-15(11-20)5-8-21-9-6-15/h10,20H,3-9,11H2,1-2H3,(H2,16,17,18,19). The van der Waals surface area contributed by atoms with Crippen LogP contribution >= 0.6 is 0 Å². The second kappa shape index (κ2) is 7.56. The quantitative estimate of drug-likeness (QED) is 0.712. The van der Waals surface area contributed by atoms with Crippen LogP contribution in [-0.2, 0) is 11.2 Å². The summed E-state index contributed by atoms with van der Waals surface area (Å²) in [7, 11) is 0. The monoisotopic (exact) mass is 294 g/mol. The maximum absolute atomic E-state index is 9.76. The number of aromatic nitrogens is 2. The first-order chi connectivity index (χ1) is 10.2. The molecular weight excluding hydrogens is 268 g/mol. The minimum atomic E-state index is -0.334. The van der Waals surface area contributed by atoms with E-state index in [0.717, 1.165) is 49.7 Å². The molecule has 1 aromatic heterocycles. The van der Waals surface area contributed by atoms with Gasteiger partial charge in [-0.3, -0.25) is 0 Å². The summed E-state index contributed by atoms with van der Waals surface area (Å²) in [5, 5.41) is 16.5. The number of aliphatic hydroxyl groups is 1. The average Bonchev–Trinajstić information content (AvgIpc) is 2.53. The van der Waals surface area contributed by atoms with Gasteiger partial charge in [0.15, 0.2) is 0 Å². The number of ether oxygens (including phenoxy) is 1. The highest BCUT2D eigenvalue weighted by Gasteiger charge is 2.32. The van der Waals surface area contributed by atoms with Crippen molar-refractivity contribution in [3.8, 4) is 0 Å². The Balaban J connectivity index is 2.16. The maximum atomic E-state index is 9.76. The summed E-state index contributed by atoms with van der Waals surface area (Å²) in [5.74, 6) is 2.42. The van der Waals surface area contributed by atoms with E-state index in [4.69, 9.17) is 4.74 Å². The van der Waals surface area contributed by atoms with Gasteiger partial charge in [0.1, 0.15) is 17.5 Å². The molecule has 6 heteroatoms. The summed E-state index contributed by atoms with van der Waals surface area (Å²) < 4.78 is 5.39. The van der Waals surface area contributed by atoms with Crippen LogP contribution in [0.15, 0.2) is 6.07 Å². The Bertz CT molecular complexity index is 447. The third-order valence-corrected chi connectivity index (χ3v) is 3.79. The van der Waals surface area contributed by atoms with Crippen LogP contribution in [-0.4, -0.2) is 47.0 Å². The number of hydrogen-bond acceptors (Lipinski definition) is 6. The molecule has 2 heterocycles. The van der Waals surface area contributed by atoms with Gasteiger partial charge in [-0.05, 0) is 19.3 Å². The second-order valence-electron chi connectivity index (χ2n) is 5.51. The van der Waals surface area contributed by atoms with Crippen LogP contribution in [0, 0.1) is 0 Å². The highest BCUT2D eigenvalue weighted by atomic mass is 16.5. The predicted molar refractivity (Wildman–Crippen MR) is 83.7 cm³/mol. The smallest absolute Gasteiger partial charge is 0.132 e. The van der Waals surface area contributed by atoms with Gasteiger partial charge in [-0.2, -0.15) is 0 Å². The Morgan fingerprint density at radius 2 is 1.95 bits per heavy atom. The Morgan fingerprint density at radius 1 is 1.24 bits per heavy atom. The molecule has 0 atom stereocenters. The molecule has 1 aliphatic rings. The van der Waals surface area contributed by atoms with Crippen molar-refractivity contribution < 1.29 is 9.84 Å². The lowest BCUT2D eigenvalue weighted by Gasteiger charge is -2.36. The normalized spacial score (nSPS) is 17.5. The van der Waals surface area contributed by atoms with E-state index in [2.05, 4.69) is 27.5 Å². The van der Waals surface area contributed by atoms with Gasteiger partial charge < -0.3 is 20.5 Å². The number of aryl methyl sites for hydroxylation is 1. The van der Waals surface area contributed by atoms with E-state index in [1.165, 1.54) is 0 Å². The van der Waals surface area contributed by atoms with Crippen LogP contribution in [0.4, 0.5) is 11.6 Å². The summed E-state index contributed by atoms with van der Waals surface area (Å²) in [5.41, 5.74) is -0.334. The summed E-state index contributed by atoms with van der Waals surface area (Å²) in [6.45, 7) is 6.47. The molecule has 1 saturated heterocycles. The highest BCUT2D eigenvalue weighted by Crippen LogP contribution is 2.25. The fourth-order valence-electron chi connectivity index (χ4n) is 2.42. The van der Waals surface area contributed by atoms with Gasteiger partial charge in [0.25, 0.3) is 0 Å². The molecule has 2 rings (SSSR count). The summed E-state index contributed by atoms with van der Waals surface area (Å²) in [4.78, 5) is 9.01. The van der Waals surface area contributed by atoms with Crippen LogP contribution in [0.1, 0.15) is 38.9 Å². The zero-order valence-electron chi connectivity index (χ0n) is 13.0. The largest absolute Gasteiger partial charge is 0.394 e.